The zero-order chi connectivity index (χ0) is 22.1. The van der Waals surface area contributed by atoms with Gasteiger partial charge in [-0.25, -0.2) is 0 Å². The molecule has 0 spiro atoms. The van der Waals surface area contributed by atoms with E-state index in [1.807, 2.05) is 45.0 Å². The fourth-order valence-electron chi connectivity index (χ4n) is 2.97. The van der Waals surface area contributed by atoms with E-state index in [0.29, 0.717) is 30.4 Å². The van der Waals surface area contributed by atoms with Crippen LogP contribution in [0.4, 0.5) is 11.4 Å². The van der Waals surface area contributed by atoms with Crippen LogP contribution in [0.1, 0.15) is 44.7 Å². The minimum Gasteiger partial charge on any atom is -0.490 e. The maximum Gasteiger partial charge on any atom is 0.267 e. The number of rotatable bonds is 9. The molecule has 0 bridgehead atoms. The highest BCUT2D eigenvalue weighted by Crippen LogP contribution is 2.31. The molecule has 2 aromatic carbocycles. The first-order valence-electron chi connectivity index (χ1n) is 10.1. The van der Waals surface area contributed by atoms with Gasteiger partial charge in [-0.1, -0.05) is 32.0 Å². The third kappa shape index (κ3) is 5.77. The third-order valence-electron chi connectivity index (χ3n) is 4.46. The van der Waals surface area contributed by atoms with Crippen LogP contribution in [0.2, 0.25) is 0 Å². The van der Waals surface area contributed by atoms with E-state index in [2.05, 4.69) is 24.5 Å². The highest BCUT2D eigenvalue weighted by Gasteiger charge is 2.15. The molecule has 0 aliphatic heterocycles. The van der Waals surface area contributed by atoms with Gasteiger partial charge in [-0.3, -0.25) is 4.79 Å². The first kappa shape index (κ1) is 22.8. The molecule has 0 atom stereocenters. The van der Waals surface area contributed by atoms with Gasteiger partial charge in [0.05, 0.1) is 13.2 Å². The average molecular weight is 408 g/mol. The fraction of sp³-hybridized carbons (Fsp3) is 0.333. The summed E-state index contributed by atoms with van der Waals surface area (Å²) in [6.45, 7) is 10.9. The summed E-state index contributed by atoms with van der Waals surface area (Å²) in [5, 5.41) is 15.4. The predicted octanol–water partition coefficient (Wildman–Crippen LogP) is 5.37. The van der Waals surface area contributed by atoms with Gasteiger partial charge in [0, 0.05) is 23.6 Å². The summed E-state index contributed by atoms with van der Waals surface area (Å²) in [6, 6.07) is 13.2. The van der Waals surface area contributed by atoms with Gasteiger partial charge in [0.1, 0.15) is 11.6 Å². The van der Waals surface area contributed by atoms with Crippen LogP contribution in [-0.4, -0.2) is 19.1 Å². The van der Waals surface area contributed by atoms with Gasteiger partial charge >= 0.3 is 0 Å². The second-order valence-electron chi connectivity index (χ2n) is 6.99. The van der Waals surface area contributed by atoms with Crippen LogP contribution in [0.3, 0.4) is 0 Å². The number of ether oxygens (including phenoxy) is 2. The molecule has 158 valence electrons. The molecule has 0 aliphatic carbocycles. The smallest absolute Gasteiger partial charge is 0.267 e. The molecular formula is C24H29N3O3. The van der Waals surface area contributed by atoms with Gasteiger partial charge in [-0.15, -0.1) is 0 Å². The molecule has 0 aliphatic rings. The van der Waals surface area contributed by atoms with E-state index in [-0.39, 0.29) is 11.5 Å². The minimum atomic E-state index is -0.461. The second kappa shape index (κ2) is 10.9. The lowest BCUT2D eigenvalue weighted by Gasteiger charge is -2.16. The summed E-state index contributed by atoms with van der Waals surface area (Å²) >= 11 is 0. The van der Waals surface area contributed by atoms with Crippen molar-refractivity contribution in [2.24, 2.45) is 0 Å². The number of amides is 1. The quantitative estimate of drug-likeness (QED) is 0.431. The highest BCUT2D eigenvalue weighted by atomic mass is 16.5. The largest absolute Gasteiger partial charge is 0.490 e. The number of para-hydroxylation sites is 1. The Hall–Kier alpha value is -3.46. The van der Waals surface area contributed by atoms with E-state index < -0.39 is 5.91 Å². The summed E-state index contributed by atoms with van der Waals surface area (Å²) in [6.07, 6.45) is 1.40. The number of nitrogens with zero attached hydrogens (tertiary/aromatic N) is 1. The van der Waals surface area contributed by atoms with Gasteiger partial charge < -0.3 is 20.1 Å². The van der Waals surface area contributed by atoms with Crippen LogP contribution >= 0.6 is 0 Å². The van der Waals surface area contributed by atoms with Crippen molar-refractivity contribution >= 4 is 17.3 Å². The van der Waals surface area contributed by atoms with E-state index in [1.54, 1.807) is 18.2 Å². The number of nitrogens with one attached hydrogen (secondary N) is 2. The molecule has 2 rings (SSSR count). The molecule has 0 radical (unpaired) electrons. The molecule has 30 heavy (non-hydrogen) atoms. The van der Waals surface area contributed by atoms with Crippen molar-refractivity contribution in [2.45, 2.75) is 40.5 Å². The summed E-state index contributed by atoms with van der Waals surface area (Å²) in [7, 11) is 0. The monoisotopic (exact) mass is 407 g/mol. The lowest BCUT2D eigenvalue weighted by Crippen LogP contribution is -2.17. The van der Waals surface area contributed by atoms with Crippen molar-refractivity contribution in [3.8, 4) is 17.6 Å². The molecule has 0 aromatic heterocycles. The maximum atomic E-state index is 12.7. The van der Waals surface area contributed by atoms with E-state index in [1.165, 1.54) is 6.20 Å². The molecule has 0 saturated heterocycles. The number of aryl methyl sites for hydroxylation is 1. The zero-order valence-electron chi connectivity index (χ0n) is 18.2. The van der Waals surface area contributed by atoms with Crippen molar-refractivity contribution in [2.75, 3.05) is 23.8 Å². The first-order valence-corrected chi connectivity index (χ1v) is 10.1. The van der Waals surface area contributed by atoms with Crippen molar-refractivity contribution in [3.05, 3.63) is 59.3 Å². The number of carbonyl (C=O) groups is 1. The van der Waals surface area contributed by atoms with Crippen LogP contribution < -0.4 is 20.1 Å². The Morgan fingerprint density at radius 1 is 1.13 bits per heavy atom. The van der Waals surface area contributed by atoms with Crippen LogP contribution in [0.15, 0.2) is 48.2 Å². The Bertz CT molecular complexity index is 959. The van der Waals surface area contributed by atoms with E-state index in [9.17, 15) is 10.1 Å². The molecule has 0 fully saturated rings. The van der Waals surface area contributed by atoms with Gasteiger partial charge in [0.15, 0.2) is 11.5 Å². The third-order valence-corrected chi connectivity index (χ3v) is 4.46. The Kier molecular flexibility index (Phi) is 8.30. The SMILES string of the molecule is CCOc1ccc(N/C=C(/C#N)C(=O)Nc2c(C)cccc2C(C)C)cc1OCC. The summed E-state index contributed by atoms with van der Waals surface area (Å²) in [4.78, 5) is 12.7. The molecule has 2 N–H and O–H groups in total. The van der Waals surface area contributed by atoms with E-state index in [4.69, 9.17) is 9.47 Å². The van der Waals surface area contributed by atoms with Gasteiger partial charge in [-0.05, 0) is 49.9 Å². The first-order chi connectivity index (χ1) is 14.4. The lowest BCUT2D eigenvalue weighted by molar-refractivity contribution is -0.112. The molecule has 0 saturated carbocycles. The molecule has 6 heteroatoms. The van der Waals surface area contributed by atoms with Crippen LogP contribution in [-0.2, 0) is 4.79 Å². The number of anilines is 2. The minimum absolute atomic E-state index is 0.0280. The second-order valence-corrected chi connectivity index (χ2v) is 6.99. The Labute approximate surface area is 178 Å². The van der Waals surface area contributed by atoms with Gasteiger partial charge in [0.2, 0.25) is 0 Å². The fourth-order valence-corrected chi connectivity index (χ4v) is 2.97. The van der Waals surface area contributed by atoms with Gasteiger partial charge in [-0.2, -0.15) is 5.26 Å². The Balaban J connectivity index is 2.22. The number of nitriles is 1. The molecular weight excluding hydrogens is 378 g/mol. The normalized spacial score (nSPS) is 11.0. The molecule has 0 heterocycles. The topological polar surface area (TPSA) is 83.4 Å². The summed E-state index contributed by atoms with van der Waals surface area (Å²) in [5.74, 6) is 1.03. The standard InChI is InChI=1S/C24H29N3O3/c1-6-29-21-12-11-19(13-22(21)30-7-2)26-15-18(14-25)24(28)27-23-17(5)9-8-10-20(23)16(3)4/h8-13,15-16,26H,6-7H2,1-5H3,(H,27,28)/b18-15-. The lowest BCUT2D eigenvalue weighted by atomic mass is 9.98. The molecule has 6 nitrogen and oxygen atoms in total. The Morgan fingerprint density at radius 2 is 1.83 bits per heavy atom. The van der Waals surface area contributed by atoms with Crippen molar-refractivity contribution < 1.29 is 14.3 Å². The Morgan fingerprint density at radius 3 is 2.47 bits per heavy atom. The van der Waals surface area contributed by atoms with Crippen molar-refractivity contribution in [3.63, 3.8) is 0 Å². The van der Waals surface area contributed by atoms with Crippen LogP contribution in [0, 0.1) is 18.3 Å². The predicted molar refractivity (Wildman–Crippen MR) is 120 cm³/mol. The molecule has 1 amide bonds. The highest BCUT2D eigenvalue weighted by molar-refractivity contribution is 6.07. The number of carbonyl (C=O) groups excluding carboxylic acids is 1. The van der Waals surface area contributed by atoms with Crippen molar-refractivity contribution in [1.29, 1.82) is 5.26 Å². The van der Waals surface area contributed by atoms with Crippen LogP contribution in [0.25, 0.3) is 0 Å². The van der Waals surface area contributed by atoms with Crippen molar-refractivity contribution in [1.82, 2.24) is 0 Å². The number of benzene rings is 2. The molecule has 0 unspecified atom stereocenters. The average Bonchev–Trinajstić information content (AvgIpc) is 2.72. The number of hydrogen-bond acceptors (Lipinski definition) is 5. The van der Waals surface area contributed by atoms with Crippen LogP contribution in [0.5, 0.6) is 11.5 Å². The summed E-state index contributed by atoms with van der Waals surface area (Å²) in [5.41, 5.74) is 3.38. The van der Waals surface area contributed by atoms with E-state index >= 15 is 0 Å². The van der Waals surface area contributed by atoms with E-state index in [0.717, 1.165) is 16.8 Å². The van der Waals surface area contributed by atoms with Gasteiger partial charge in [0.25, 0.3) is 5.91 Å². The molecule has 2 aromatic rings. The number of hydrogen-bond donors (Lipinski definition) is 2. The zero-order valence-corrected chi connectivity index (χ0v) is 18.2. The maximum absolute atomic E-state index is 12.7. The summed E-state index contributed by atoms with van der Waals surface area (Å²) < 4.78 is 11.2.